The number of benzene rings is 2. The lowest BCUT2D eigenvalue weighted by Gasteiger charge is -2.37. The molecule has 2 aromatic rings. The van der Waals surface area contributed by atoms with Gasteiger partial charge in [-0.3, -0.25) is 9.69 Å². The highest BCUT2D eigenvalue weighted by molar-refractivity contribution is 6.42. The number of anilines is 2. The van der Waals surface area contributed by atoms with Crippen LogP contribution in [-0.4, -0.2) is 72.2 Å². The van der Waals surface area contributed by atoms with Gasteiger partial charge in [0.25, 0.3) is 0 Å². The third-order valence-electron chi connectivity index (χ3n) is 5.87. The van der Waals surface area contributed by atoms with Crippen LogP contribution in [0.5, 0.6) is 0 Å². The van der Waals surface area contributed by atoms with Gasteiger partial charge in [-0.15, -0.1) is 0 Å². The molecule has 10 heteroatoms. The Balaban J connectivity index is 0.000000481. The average molecular weight is 508 g/mol. The van der Waals surface area contributed by atoms with E-state index in [9.17, 15) is 4.79 Å². The Morgan fingerprint density at radius 2 is 1.53 bits per heavy atom. The van der Waals surface area contributed by atoms with Crippen molar-refractivity contribution in [3.8, 4) is 0 Å². The highest BCUT2D eigenvalue weighted by Gasteiger charge is 2.24. The first-order valence-corrected chi connectivity index (χ1v) is 11.8. The number of nitrogens with zero attached hydrogens (tertiary/aromatic N) is 3. The van der Waals surface area contributed by atoms with E-state index >= 15 is 0 Å². The third kappa shape index (κ3) is 6.85. The predicted octanol–water partition coefficient (Wildman–Crippen LogP) is 3.64. The normalized spacial score (nSPS) is 15.9. The SMILES string of the molecule is O=C(O)C(=O)O.O=C1CCc2ccccc2N1CCCN1CCN(c2ccc(Cl)c(Cl)c2)CC1. The van der Waals surface area contributed by atoms with Gasteiger partial charge in [-0.05, 0) is 49.2 Å². The summed E-state index contributed by atoms with van der Waals surface area (Å²) < 4.78 is 0. The number of para-hydroxylation sites is 1. The Labute approximate surface area is 208 Å². The first kappa shape index (κ1) is 25.8. The molecule has 0 aliphatic carbocycles. The van der Waals surface area contributed by atoms with Crippen molar-refractivity contribution in [3.05, 3.63) is 58.1 Å². The van der Waals surface area contributed by atoms with E-state index in [0.29, 0.717) is 16.5 Å². The summed E-state index contributed by atoms with van der Waals surface area (Å²) in [4.78, 5) is 37.4. The number of rotatable bonds is 5. The largest absolute Gasteiger partial charge is 0.473 e. The van der Waals surface area contributed by atoms with Crippen LogP contribution >= 0.6 is 23.2 Å². The molecule has 2 aliphatic heterocycles. The van der Waals surface area contributed by atoms with E-state index in [1.807, 2.05) is 29.2 Å². The minimum atomic E-state index is -1.82. The van der Waals surface area contributed by atoms with Gasteiger partial charge in [0.05, 0.1) is 10.0 Å². The molecule has 0 bridgehead atoms. The van der Waals surface area contributed by atoms with Crippen molar-refractivity contribution >= 4 is 52.4 Å². The number of aryl methyl sites for hydroxylation is 1. The van der Waals surface area contributed by atoms with Gasteiger partial charge < -0.3 is 20.0 Å². The molecule has 1 fully saturated rings. The van der Waals surface area contributed by atoms with E-state index in [1.165, 1.54) is 5.56 Å². The van der Waals surface area contributed by atoms with Gasteiger partial charge in [0, 0.05) is 50.5 Å². The summed E-state index contributed by atoms with van der Waals surface area (Å²) in [6, 6.07) is 14.1. The first-order chi connectivity index (χ1) is 16.3. The summed E-state index contributed by atoms with van der Waals surface area (Å²) in [5.41, 5.74) is 3.52. The van der Waals surface area contributed by atoms with Crippen LogP contribution in [0.15, 0.2) is 42.5 Å². The van der Waals surface area contributed by atoms with Crippen LogP contribution in [0.1, 0.15) is 18.4 Å². The van der Waals surface area contributed by atoms with E-state index in [2.05, 4.69) is 28.0 Å². The van der Waals surface area contributed by atoms with Crippen LogP contribution < -0.4 is 9.80 Å². The van der Waals surface area contributed by atoms with Crippen LogP contribution in [-0.2, 0) is 20.8 Å². The van der Waals surface area contributed by atoms with Crippen LogP contribution in [0, 0.1) is 0 Å². The Kier molecular flexibility index (Phi) is 9.15. The van der Waals surface area contributed by atoms with E-state index in [0.717, 1.165) is 63.5 Å². The summed E-state index contributed by atoms with van der Waals surface area (Å²) in [5, 5.41) is 16.0. The molecule has 1 amide bonds. The van der Waals surface area contributed by atoms with E-state index in [-0.39, 0.29) is 5.91 Å². The number of carbonyl (C=O) groups is 3. The minimum Gasteiger partial charge on any atom is -0.473 e. The molecule has 0 unspecified atom stereocenters. The Morgan fingerprint density at radius 3 is 2.18 bits per heavy atom. The Hall–Kier alpha value is -2.81. The standard InChI is InChI=1S/C22H25Cl2N3O.C2H2O4/c23-19-8-7-18(16-20(19)24)26-14-12-25(13-15-26)10-3-11-27-21-5-2-1-4-17(21)6-9-22(27)28;3-1(4)2(5)6/h1-2,4-5,7-8,16H,3,6,9-15H2;(H,3,4)(H,5,6). The van der Waals surface area contributed by atoms with Gasteiger partial charge in [0.2, 0.25) is 5.91 Å². The molecule has 0 saturated carbocycles. The summed E-state index contributed by atoms with van der Waals surface area (Å²) in [5.74, 6) is -3.40. The van der Waals surface area contributed by atoms with Gasteiger partial charge in [-0.2, -0.15) is 0 Å². The molecule has 34 heavy (non-hydrogen) atoms. The van der Waals surface area contributed by atoms with Crippen LogP contribution in [0.3, 0.4) is 0 Å². The number of hydrogen-bond acceptors (Lipinski definition) is 5. The van der Waals surface area contributed by atoms with E-state index < -0.39 is 11.9 Å². The van der Waals surface area contributed by atoms with Gasteiger partial charge in [0.1, 0.15) is 0 Å². The summed E-state index contributed by atoms with van der Waals surface area (Å²) >= 11 is 12.2. The van der Waals surface area contributed by atoms with Crippen molar-refractivity contribution < 1.29 is 24.6 Å². The number of hydrogen-bond donors (Lipinski definition) is 2. The fraction of sp³-hybridized carbons (Fsp3) is 0.375. The topological polar surface area (TPSA) is 101 Å². The van der Waals surface area contributed by atoms with E-state index in [4.69, 9.17) is 43.0 Å². The maximum atomic E-state index is 12.4. The van der Waals surface area contributed by atoms with Crippen molar-refractivity contribution in [3.63, 3.8) is 0 Å². The molecule has 2 aliphatic rings. The zero-order valence-electron chi connectivity index (χ0n) is 18.6. The van der Waals surface area contributed by atoms with Crippen molar-refractivity contribution in [2.45, 2.75) is 19.3 Å². The van der Waals surface area contributed by atoms with Crippen molar-refractivity contribution in [2.24, 2.45) is 0 Å². The molecule has 0 radical (unpaired) electrons. The number of carbonyl (C=O) groups excluding carboxylic acids is 1. The average Bonchev–Trinajstić information content (AvgIpc) is 2.83. The molecule has 2 heterocycles. The van der Waals surface area contributed by atoms with Crippen LogP contribution in [0.4, 0.5) is 11.4 Å². The number of piperazine rings is 1. The lowest BCUT2D eigenvalue weighted by Crippen LogP contribution is -2.47. The van der Waals surface area contributed by atoms with Gasteiger partial charge in [-0.1, -0.05) is 41.4 Å². The van der Waals surface area contributed by atoms with Crippen molar-refractivity contribution in [1.29, 1.82) is 0 Å². The lowest BCUT2D eigenvalue weighted by atomic mass is 10.0. The first-order valence-electron chi connectivity index (χ1n) is 11.0. The summed E-state index contributed by atoms with van der Waals surface area (Å²) in [6.45, 7) is 5.80. The molecule has 8 nitrogen and oxygen atoms in total. The van der Waals surface area contributed by atoms with Crippen LogP contribution in [0.2, 0.25) is 10.0 Å². The molecule has 0 spiro atoms. The molecule has 1 saturated heterocycles. The monoisotopic (exact) mass is 507 g/mol. The number of carboxylic acids is 2. The fourth-order valence-corrected chi connectivity index (χ4v) is 4.40. The maximum Gasteiger partial charge on any atom is 0.414 e. The van der Waals surface area contributed by atoms with Crippen molar-refractivity contribution in [2.75, 3.05) is 49.1 Å². The molecule has 0 atom stereocenters. The quantitative estimate of drug-likeness (QED) is 0.595. The molecule has 0 aromatic heterocycles. The summed E-state index contributed by atoms with van der Waals surface area (Å²) in [7, 11) is 0. The van der Waals surface area contributed by atoms with Gasteiger partial charge in [0.15, 0.2) is 0 Å². The molecule has 4 rings (SSSR count). The smallest absolute Gasteiger partial charge is 0.414 e. The second-order valence-electron chi connectivity index (χ2n) is 8.07. The fourth-order valence-electron chi connectivity index (χ4n) is 4.11. The highest BCUT2D eigenvalue weighted by atomic mass is 35.5. The minimum absolute atomic E-state index is 0.253. The number of halogens is 2. The number of fused-ring (bicyclic) bond motifs is 1. The molecule has 2 N–H and O–H groups in total. The van der Waals surface area contributed by atoms with Crippen molar-refractivity contribution in [1.82, 2.24) is 4.90 Å². The van der Waals surface area contributed by atoms with E-state index in [1.54, 1.807) is 0 Å². The van der Waals surface area contributed by atoms with Gasteiger partial charge >= 0.3 is 11.9 Å². The zero-order valence-corrected chi connectivity index (χ0v) is 20.1. The molecular weight excluding hydrogens is 481 g/mol. The lowest BCUT2D eigenvalue weighted by molar-refractivity contribution is -0.159. The Bertz CT molecular complexity index is 1030. The Morgan fingerprint density at radius 1 is 0.853 bits per heavy atom. The number of aliphatic carboxylic acids is 2. The van der Waals surface area contributed by atoms with Gasteiger partial charge in [-0.25, -0.2) is 9.59 Å². The number of carboxylic acid groups (broad SMARTS) is 2. The number of amides is 1. The molecule has 2 aromatic carbocycles. The zero-order chi connectivity index (χ0) is 24.7. The second kappa shape index (κ2) is 12.1. The molecular formula is C24H27Cl2N3O5. The molecule has 182 valence electrons. The summed E-state index contributed by atoms with van der Waals surface area (Å²) in [6.07, 6.45) is 2.48. The maximum absolute atomic E-state index is 12.4. The third-order valence-corrected chi connectivity index (χ3v) is 6.61. The van der Waals surface area contributed by atoms with Crippen LogP contribution in [0.25, 0.3) is 0 Å². The second-order valence-corrected chi connectivity index (χ2v) is 8.88. The predicted molar refractivity (Wildman–Crippen MR) is 132 cm³/mol. The highest BCUT2D eigenvalue weighted by Crippen LogP contribution is 2.29.